The third-order valence-electron chi connectivity index (χ3n) is 1.85. The van der Waals surface area contributed by atoms with Crippen LogP contribution in [0.1, 0.15) is 27.7 Å². The van der Waals surface area contributed by atoms with Crippen LogP contribution in [0.25, 0.3) is 0 Å². The van der Waals surface area contributed by atoms with Crippen LogP contribution in [0, 0.1) is 5.92 Å². The van der Waals surface area contributed by atoms with E-state index < -0.39 is 0 Å². The normalized spacial score (nSPS) is 15.9. The third-order valence-corrected chi connectivity index (χ3v) is 1.85. The van der Waals surface area contributed by atoms with E-state index >= 15 is 0 Å². The summed E-state index contributed by atoms with van der Waals surface area (Å²) >= 11 is 0. The summed E-state index contributed by atoms with van der Waals surface area (Å²) in [5, 5.41) is 3.37. The largest absolute Gasteiger partial charge is 0.382 e. The Hall–Kier alpha value is -0.120. The highest BCUT2D eigenvalue weighted by atomic mass is 16.5. The maximum Gasteiger partial charge on any atom is 0.0784 e. The second-order valence-corrected chi connectivity index (χ2v) is 4.26. The fraction of sp³-hybridized carbons (Fsp3) is 1.00. The fourth-order valence-electron chi connectivity index (χ4n) is 1.29. The molecule has 3 nitrogen and oxygen atoms in total. The van der Waals surface area contributed by atoms with Crippen LogP contribution >= 0.6 is 0 Å². The molecule has 0 saturated carbocycles. The summed E-state index contributed by atoms with van der Waals surface area (Å²) in [5.41, 5.74) is 0. The van der Waals surface area contributed by atoms with Crippen molar-refractivity contribution in [3.8, 4) is 0 Å². The Bertz CT molecular complexity index is 128. The Morgan fingerprint density at radius 3 is 2.14 bits per heavy atom. The molecule has 86 valence electrons. The molecule has 0 saturated heterocycles. The summed E-state index contributed by atoms with van der Waals surface area (Å²) in [6.07, 6.45) is 0.426. The van der Waals surface area contributed by atoms with Crippen molar-refractivity contribution in [3.63, 3.8) is 0 Å². The molecule has 0 amide bonds. The summed E-state index contributed by atoms with van der Waals surface area (Å²) in [6, 6.07) is 0. The Balaban J connectivity index is 3.39. The van der Waals surface area contributed by atoms with Gasteiger partial charge in [-0.2, -0.15) is 0 Å². The van der Waals surface area contributed by atoms with E-state index in [0.717, 1.165) is 13.1 Å². The molecule has 0 heterocycles. The summed E-state index contributed by atoms with van der Waals surface area (Å²) in [7, 11) is 1.70. The Morgan fingerprint density at radius 2 is 1.64 bits per heavy atom. The number of hydrogen-bond acceptors (Lipinski definition) is 3. The van der Waals surface area contributed by atoms with E-state index in [-0.39, 0.29) is 12.2 Å². The number of methoxy groups -OCH3 is 1. The fourth-order valence-corrected chi connectivity index (χ4v) is 1.29. The van der Waals surface area contributed by atoms with E-state index in [0.29, 0.717) is 12.5 Å². The maximum absolute atomic E-state index is 5.69. The van der Waals surface area contributed by atoms with Crippen LogP contribution in [0.5, 0.6) is 0 Å². The van der Waals surface area contributed by atoms with E-state index in [1.165, 1.54) is 0 Å². The molecule has 0 fully saturated rings. The highest BCUT2D eigenvalue weighted by molar-refractivity contribution is 4.59. The van der Waals surface area contributed by atoms with Crippen molar-refractivity contribution < 1.29 is 9.47 Å². The van der Waals surface area contributed by atoms with Gasteiger partial charge in [-0.25, -0.2) is 0 Å². The highest BCUT2D eigenvalue weighted by Gasteiger charge is 2.07. The number of hydrogen-bond donors (Lipinski definition) is 1. The average molecular weight is 203 g/mol. The SMILES string of the molecule is COCC(C)OC(C)CNCC(C)C. The van der Waals surface area contributed by atoms with Gasteiger partial charge < -0.3 is 14.8 Å². The molecule has 2 unspecified atom stereocenters. The molecule has 0 aromatic carbocycles. The molecule has 0 rings (SSSR count). The zero-order chi connectivity index (χ0) is 11.0. The predicted molar refractivity (Wildman–Crippen MR) is 59.6 cm³/mol. The van der Waals surface area contributed by atoms with Crippen molar-refractivity contribution in [2.45, 2.75) is 39.9 Å². The summed E-state index contributed by atoms with van der Waals surface area (Å²) in [4.78, 5) is 0. The minimum Gasteiger partial charge on any atom is -0.382 e. The monoisotopic (exact) mass is 203 g/mol. The van der Waals surface area contributed by atoms with Crippen LogP contribution in [0.4, 0.5) is 0 Å². The van der Waals surface area contributed by atoms with Crippen molar-refractivity contribution in [2.75, 3.05) is 26.8 Å². The van der Waals surface area contributed by atoms with Crippen LogP contribution in [0.2, 0.25) is 0 Å². The minimum absolute atomic E-state index is 0.177. The summed E-state index contributed by atoms with van der Waals surface area (Å²) < 4.78 is 10.7. The maximum atomic E-state index is 5.69. The van der Waals surface area contributed by atoms with E-state index in [9.17, 15) is 0 Å². The van der Waals surface area contributed by atoms with E-state index in [1.807, 2.05) is 6.92 Å². The Kier molecular flexibility index (Phi) is 8.14. The highest BCUT2D eigenvalue weighted by Crippen LogP contribution is 1.98. The van der Waals surface area contributed by atoms with Gasteiger partial charge in [-0.05, 0) is 26.3 Å². The molecule has 14 heavy (non-hydrogen) atoms. The molecule has 2 atom stereocenters. The first kappa shape index (κ1) is 13.9. The second kappa shape index (κ2) is 8.21. The lowest BCUT2D eigenvalue weighted by Gasteiger charge is -2.19. The Labute approximate surface area is 88.2 Å². The van der Waals surface area contributed by atoms with Crippen molar-refractivity contribution >= 4 is 0 Å². The van der Waals surface area contributed by atoms with Crippen molar-refractivity contribution in [1.82, 2.24) is 5.32 Å². The van der Waals surface area contributed by atoms with Gasteiger partial charge in [0.1, 0.15) is 0 Å². The van der Waals surface area contributed by atoms with E-state index in [4.69, 9.17) is 9.47 Å². The van der Waals surface area contributed by atoms with Gasteiger partial charge >= 0.3 is 0 Å². The molecule has 1 N–H and O–H groups in total. The van der Waals surface area contributed by atoms with E-state index in [1.54, 1.807) is 7.11 Å². The zero-order valence-electron chi connectivity index (χ0n) is 10.2. The first-order valence-electron chi connectivity index (χ1n) is 5.41. The Morgan fingerprint density at radius 1 is 1.00 bits per heavy atom. The summed E-state index contributed by atoms with van der Waals surface area (Å²) in [5.74, 6) is 0.693. The van der Waals surface area contributed by atoms with Crippen molar-refractivity contribution in [2.24, 2.45) is 5.92 Å². The minimum atomic E-state index is 0.177. The molecule has 0 aromatic heterocycles. The van der Waals surface area contributed by atoms with Gasteiger partial charge in [0, 0.05) is 13.7 Å². The van der Waals surface area contributed by atoms with Crippen LogP contribution in [-0.2, 0) is 9.47 Å². The topological polar surface area (TPSA) is 30.5 Å². The van der Waals surface area contributed by atoms with Gasteiger partial charge in [-0.3, -0.25) is 0 Å². The molecule has 0 aromatic rings. The molecule has 3 heteroatoms. The smallest absolute Gasteiger partial charge is 0.0784 e. The molecular weight excluding hydrogens is 178 g/mol. The van der Waals surface area contributed by atoms with Crippen molar-refractivity contribution in [1.29, 1.82) is 0 Å². The van der Waals surface area contributed by atoms with Gasteiger partial charge in [0.25, 0.3) is 0 Å². The predicted octanol–water partition coefficient (Wildman–Crippen LogP) is 1.67. The standard InChI is InChI=1S/C11H25NO2/c1-9(2)6-12-7-10(3)14-11(4)8-13-5/h9-12H,6-8H2,1-5H3. The molecule has 0 radical (unpaired) electrons. The molecular formula is C11H25NO2. The third kappa shape index (κ3) is 8.48. The average Bonchev–Trinajstić information content (AvgIpc) is 2.03. The lowest BCUT2D eigenvalue weighted by Crippen LogP contribution is -2.32. The van der Waals surface area contributed by atoms with Crippen LogP contribution in [-0.4, -0.2) is 39.0 Å². The van der Waals surface area contributed by atoms with Crippen LogP contribution in [0.15, 0.2) is 0 Å². The first-order chi connectivity index (χ1) is 6.56. The van der Waals surface area contributed by atoms with E-state index in [2.05, 4.69) is 26.1 Å². The molecule has 0 aliphatic carbocycles. The lowest BCUT2D eigenvalue weighted by molar-refractivity contribution is -0.0301. The zero-order valence-corrected chi connectivity index (χ0v) is 10.2. The molecule has 0 aliphatic rings. The van der Waals surface area contributed by atoms with Gasteiger partial charge in [-0.15, -0.1) is 0 Å². The quantitative estimate of drug-likeness (QED) is 0.651. The second-order valence-electron chi connectivity index (χ2n) is 4.26. The van der Waals surface area contributed by atoms with Gasteiger partial charge in [0.05, 0.1) is 18.8 Å². The first-order valence-corrected chi connectivity index (χ1v) is 5.41. The summed E-state index contributed by atoms with van der Waals surface area (Å²) in [6.45, 7) is 11.1. The number of ether oxygens (including phenoxy) is 2. The number of rotatable bonds is 8. The van der Waals surface area contributed by atoms with Crippen LogP contribution in [0.3, 0.4) is 0 Å². The van der Waals surface area contributed by atoms with Gasteiger partial charge in [0.15, 0.2) is 0 Å². The lowest BCUT2D eigenvalue weighted by atomic mass is 10.2. The molecule has 0 aliphatic heterocycles. The molecule has 0 spiro atoms. The molecule has 0 bridgehead atoms. The van der Waals surface area contributed by atoms with Crippen molar-refractivity contribution in [3.05, 3.63) is 0 Å². The van der Waals surface area contributed by atoms with Crippen LogP contribution < -0.4 is 5.32 Å². The van der Waals surface area contributed by atoms with Gasteiger partial charge in [-0.1, -0.05) is 13.8 Å². The van der Waals surface area contributed by atoms with Gasteiger partial charge in [0.2, 0.25) is 0 Å². The number of nitrogens with one attached hydrogen (secondary N) is 1.